The van der Waals surface area contributed by atoms with Crippen molar-refractivity contribution in [3.8, 4) is 12.3 Å². The fourth-order valence-corrected chi connectivity index (χ4v) is 3.12. The zero-order valence-corrected chi connectivity index (χ0v) is 14.6. The molecule has 2 aromatic carbocycles. The minimum Gasteiger partial charge on any atom is -0.363 e. The number of amidine groups is 1. The summed E-state index contributed by atoms with van der Waals surface area (Å²) in [4.78, 5) is 4.89. The Labute approximate surface area is 150 Å². The first-order valence-corrected chi connectivity index (χ1v) is 8.82. The Balaban J connectivity index is 1.78. The van der Waals surface area contributed by atoms with Gasteiger partial charge in [0, 0.05) is 0 Å². The van der Waals surface area contributed by atoms with Crippen molar-refractivity contribution in [3.63, 3.8) is 0 Å². The normalized spacial score (nSPS) is 20.4. The predicted octanol–water partition coefficient (Wildman–Crippen LogP) is 4.29. The molecule has 1 aliphatic heterocycles. The SMILES string of the molecule is C#CC(CCC)OCC1=N[C@@H](c2ccccc2)[C@@H](c2ccccc2)N1. The van der Waals surface area contributed by atoms with Crippen LogP contribution in [0, 0.1) is 12.3 Å². The molecule has 1 unspecified atom stereocenters. The topological polar surface area (TPSA) is 33.6 Å². The molecule has 0 saturated heterocycles. The van der Waals surface area contributed by atoms with Crippen molar-refractivity contribution in [3.05, 3.63) is 71.8 Å². The third-order valence-corrected chi connectivity index (χ3v) is 4.39. The van der Waals surface area contributed by atoms with E-state index in [0.29, 0.717) is 6.61 Å². The molecule has 3 nitrogen and oxygen atoms in total. The average Bonchev–Trinajstić information content (AvgIpc) is 3.11. The van der Waals surface area contributed by atoms with Gasteiger partial charge in [0.15, 0.2) is 0 Å². The fraction of sp³-hybridized carbons (Fsp3) is 0.318. The number of nitrogens with zero attached hydrogens (tertiary/aromatic N) is 1. The quantitative estimate of drug-likeness (QED) is 0.768. The van der Waals surface area contributed by atoms with E-state index in [4.69, 9.17) is 16.2 Å². The van der Waals surface area contributed by atoms with Crippen LogP contribution in [-0.2, 0) is 4.74 Å². The van der Waals surface area contributed by atoms with Crippen molar-refractivity contribution >= 4 is 5.84 Å². The van der Waals surface area contributed by atoms with E-state index in [1.807, 2.05) is 12.1 Å². The summed E-state index contributed by atoms with van der Waals surface area (Å²) in [7, 11) is 0. The molecule has 0 bridgehead atoms. The van der Waals surface area contributed by atoms with Crippen molar-refractivity contribution in [2.45, 2.75) is 38.0 Å². The van der Waals surface area contributed by atoms with Crippen LogP contribution in [0.1, 0.15) is 43.0 Å². The molecule has 128 valence electrons. The van der Waals surface area contributed by atoms with Crippen molar-refractivity contribution in [2.24, 2.45) is 4.99 Å². The monoisotopic (exact) mass is 332 g/mol. The summed E-state index contributed by atoms with van der Waals surface area (Å²) in [5, 5.41) is 3.53. The maximum absolute atomic E-state index is 5.85. The van der Waals surface area contributed by atoms with Crippen LogP contribution in [0.25, 0.3) is 0 Å². The smallest absolute Gasteiger partial charge is 0.124 e. The largest absolute Gasteiger partial charge is 0.363 e. The standard InChI is InChI=1S/C22H24N2O/c1-3-11-19(4-2)25-16-20-23-21(17-12-7-5-8-13-17)22(24-20)18-14-9-6-10-15-18/h2,5-10,12-15,19,21-22H,3,11,16H2,1H3,(H,23,24)/t19?,21-,22+. The molecule has 0 saturated carbocycles. The molecule has 3 atom stereocenters. The second-order valence-electron chi connectivity index (χ2n) is 6.22. The van der Waals surface area contributed by atoms with E-state index in [1.54, 1.807) is 0 Å². The lowest BCUT2D eigenvalue weighted by Gasteiger charge is -2.19. The number of terminal acetylenes is 1. The summed E-state index contributed by atoms with van der Waals surface area (Å²) >= 11 is 0. The Morgan fingerprint density at radius 1 is 1.08 bits per heavy atom. The van der Waals surface area contributed by atoms with Gasteiger partial charge in [-0.3, -0.25) is 4.99 Å². The van der Waals surface area contributed by atoms with Gasteiger partial charge in [-0.15, -0.1) is 6.42 Å². The number of rotatable bonds is 7. The number of hydrogen-bond acceptors (Lipinski definition) is 3. The zero-order chi connectivity index (χ0) is 17.5. The first kappa shape index (κ1) is 17.3. The highest BCUT2D eigenvalue weighted by Gasteiger charge is 2.31. The lowest BCUT2D eigenvalue weighted by Crippen LogP contribution is -2.29. The first-order chi connectivity index (χ1) is 12.3. The van der Waals surface area contributed by atoms with Crippen LogP contribution in [0.3, 0.4) is 0 Å². The van der Waals surface area contributed by atoms with E-state index in [-0.39, 0.29) is 18.2 Å². The number of benzene rings is 2. The molecular formula is C22H24N2O. The molecule has 0 amide bonds. The highest BCUT2D eigenvalue weighted by atomic mass is 16.5. The van der Waals surface area contributed by atoms with Gasteiger partial charge < -0.3 is 10.1 Å². The molecule has 3 heteroatoms. The van der Waals surface area contributed by atoms with Gasteiger partial charge >= 0.3 is 0 Å². The lowest BCUT2D eigenvalue weighted by atomic mass is 9.95. The van der Waals surface area contributed by atoms with E-state index in [1.165, 1.54) is 11.1 Å². The van der Waals surface area contributed by atoms with E-state index >= 15 is 0 Å². The summed E-state index contributed by atoms with van der Waals surface area (Å²) in [5.41, 5.74) is 2.41. The van der Waals surface area contributed by atoms with Gasteiger partial charge in [0.2, 0.25) is 0 Å². The second-order valence-corrected chi connectivity index (χ2v) is 6.22. The van der Waals surface area contributed by atoms with Crippen LogP contribution in [0.15, 0.2) is 65.7 Å². The van der Waals surface area contributed by atoms with Crippen molar-refractivity contribution in [1.29, 1.82) is 0 Å². The molecule has 0 radical (unpaired) electrons. The molecule has 25 heavy (non-hydrogen) atoms. The zero-order valence-electron chi connectivity index (χ0n) is 14.6. The highest BCUT2D eigenvalue weighted by Crippen LogP contribution is 2.35. The summed E-state index contributed by atoms with van der Waals surface area (Å²) in [5.74, 6) is 3.57. The second kappa shape index (κ2) is 8.50. The molecule has 0 aromatic heterocycles. The van der Waals surface area contributed by atoms with E-state index in [2.05, 4.69) is 66.7 Å². The van der Waals surface area contributed by atoms with E-state index in [9.17, 15) is 0 Å². The van der Waals surface area contributed by atoms with Gasteiger partial charge in [-0.2, -0.15) is 0 Å². The molecular weight excluding hydrogens is 308 g/mol. The maximum Gasteiger partial charge on any atom is 0.124 e. The fourth-order valence-electron chi connectivity index (χ4n) is 3.12. The molecule has 3 rings (SSSR count). The van der Waals surface area contributed by atoms with E-state index in [0.717, 1.165) is 18.7 Å². The van der Waals surface area contributed by atoms with Gasteiger partial charge in [-0.05, 0) is 17.5 Å². The summed E-state index contributed by atoms with van der Waals surface area (Å²) in [6, 6.07) is 20.9. The average molecular weight is 332 g/mol. The lowest BCUT2D eigenvalue weighted by molar-refractivity contribution is 0.116. The molecule has 0 aliphatic carbocycles. The Morgan fingerprint density at radius 3 is 2.32 bits per heavy atom. The van der Waals surface area contributed by atoms with E-state index < -0.39 is 0 Å². The van der Waals surface area contributed by atoms with Gasteiger partial charge in [0.25, 0.3) is 0 Å². The highest BCUT2D eigenvalue weighted by molar-refractivity contribution is 5.86. The van der Waals surface area contributed by atoms with Crippen LogP contribution in [0.5, 0.6) is 0 Å². The summed E-state index contributed by atoms with van der Waals surface area (Å²) in [6.07, 6.45) is 7.27. The number of hydrogen-bond donors (Lipinski definition) is 1. The minimum atomic E-state index is -0.152. The summed E-state index contributed by atoms with van der Waals surface area (Å²) in [6.45, 7) is 2.53. The molecule has 1 N–H and O–H groups in total. The number of aliphatic imine (C=N–C) groups is 1. The Morgan fingerprint density at radius 2 is 1.72 bits per heavy atom. The van der Waals surface area contributed by atoms with Crippen LogP contribution in [-0.4, -0.2) is 18.5 Å². The van der Waals surface area contributed by atoms with Gasteiger partial charge in [0.1, 0.15) is 24.6 Å². The van der Waals surface area contributed by atoms with Gasteiger partial charge in [-0.25, -0.2) is 0 Å². The Kier molecular flexibility index (Phi) is 5.87. The molecule has 1 aliphatic rings. The van der Waals surface area contributed by atoms with Crippen LogP contribution in [0.2, 0.25) is 0 Å². The molecule has 2 aromatic rings. The third-order valence-electron chi connectivity index (χ3n) is 4.39. The number of nitrogens with one attached hydrogen (secondary N) is 1. The van der Waals surface area contributed by atoms with Crippen molar-refractivity contribution < 1.29 is 4.74 Å². The molecule has 0 spiro atoms. The predicted molar refractivity (Wildman–Crippen MR) is 102 cm³/mol. The third kappa shape index (κ3) is 4.29. The van der Waals surface area contributed by atoms with Crippen molar-refractivity contribution in [1.82, 2.24) is 5.32 Å². The van der Waals surface area contributed by atoms with Crippen LogP contribution in [0.4, 0.5) is 0 Å². The van der Waals surface area contributed by atoms with Crippen LogP contribution < -0.4 is 5.32 Å². The van der Waals surface area contributed by atoms with Gasteiger partial charge in [0.05, 0.1) is 6.04 Å². The molecule has 1 heterocycles. The molecule has 0 fully saturated rings. The van der Waals surface area contributed by atoms with Gasteiger partial charge in [-0.1, -0.05) is 79.9 Å². The first-order valence-electron chi connectivity index (χ1n) is 8.82. The maximum atomic E-state index is 5.85. The minimum absolute atomic E-state index is 0.0395. The van der Waals surface area contributed by atoms with Crippen molar-refractivity contribution in [2.75, 3.05) is 6.61 Å². The van der Waals surface area contributed by atoms with Crippen LogP contribution >= 0.6 is 0 Å². The Bertz CT molecular complexity index is 734. The Hall–Kier alpha value is -2.57. The summed E-state index contributed by atoms with van der Waals surface area (Å²) < 4.78 is 5.85. The number of ether oxygens (including phenoxy) is 1.